The maximum Gasteiger partial charge on any atom is 0.161 e. The van der Waals surface area contributed by atoms with Crippen molar-refractivity contribution < 1.29 is 14.6 Å². The van der Waals surface area contributed by atoms with Crippen molar-refractivity contribution in [3.63, 3.8) is 0 Å². The Morgan fingerprint density at radius 1 is 1.00 bits per heavy atom. The molecule has 0 amide bonds. The molecular weight excluding hydrogens is 471 g/mol. The van der Waals surface area contributed by atoms with E-state index < -0.39 is 5.60 Å². The molecule has 3 N–H and O–H groups in total. The summed E-state index contributed by atoms with van der Waals surface area (Å²) in [6.07, 6.45) is 7.17. The molecule has 7 heteroatoms. The molecule has 0 bridgehead atoms. The van der Waals surface area contributed by atoms with Gasteiger partial charge in [0.1, 0.15) is 6.61 Å². The molecule has 190 valence electrons. The fraction of sp³-hybridized carbons (Fsp3) is 0.556. The molecule has 4 rings (SSSR count). The van der Waals surface area contributed by atoms with Gasteiger partial charge in [-0.3, -0.25) is 0 Å². The number of ether oxygens (including phenoxy) is 2. The van der Waals surface area contributed by atoms with E-state index >= 15 is 0 Å². The third-order valence-electron chi connectivity index (χ3n) is 7.27. The predicted molar refractivity (Wildman–Crippen MR) is 143 cm³/mol. The summed E-state index contributed by atoms with van der Waals surface area (Å²) in [5.74, 6) is 1.51. The number of nitrogens with zero attached hydrogens (tertiary/aromatic N) is 1. The van der Waals surface area contributed by atoms with Crippen LogP contribution in [0.5, 0.6) is 11.5 Å². The number of rotatable bonds is 8. The molecule has 0 aromatic heterocycles. The van der Waals surface area contributed by atoms with E-state index in [4.69, 9.17) is 15.2 Å². The average molecular weight is 512 g/mol. The molecule has 1 aliphatic carbocycles. The number of methoxy groups -OCH3 is 1. The molecule has 1 saturated heterocycles. The second-order valence-electron chi connectivity index (χ2n) is 9.54. The molecule has 5 nitrogen and oxygen atoms in total. The van der Waals surface area contributed by atoms with Gasteiger partial charge in [0.2, 0.25) is 0 Å². The maximum atomic E-state index is 11.7. The Kier molecular flexibility index (Phi) is 11.5. The number of hydrogen-bond acceptors (Lipinski definition) is 5. The van der Waals surface area contributed by atoms with Crippen molar-refractivity contribution >= 4 is 24.8 Å². The van der Waals surface area contributed by atoms with Gasteiger partial charge in [0.15, 0.2) is 11.5 Å². The van der Waals surface area contributed by atoms with Crippen molar-refractivity contribution in [1.82, 2.24) is 4.90 Å². The van der Waals surface area contributed by atoms with Gasteiger partial charge < -0.3 is 25.2 Å². The molecule has 1 atom stereocenters. The molecule has 2 fully saturated rings. The summed E-state index contributed by atoms with van der Waals surface area (Å²) in [4.78, 5) is 2.48. The highest BCUT2D eigenvalue weighted by Crippen LogP contribution is 2.43. The van der Waals surface area contributed by atoms with Crippen LogP contribution in [0.2, 0.25) is 0 Å². The lowest BCUT2D eigenvalue weighted by Gasteiger charge is -2.43. The van der Waals surface area contributed by atoms with Gasteiger partial charge >= 0.3 is 0 Å². The Morgan fingerprint density at radius 3 is 2.32 bits per heavy atom. The molecule has 1 aliphatic heterocycles. The first-order valence-corrected chi connectivity index (χ1v) is 12.1. The lowest BCUT2D eigenvalue weighted by Crippen LogP contribution is -2.47. The number of piperidine rings is 1. The molecule has 1 unspecified atom stereocenters. The number of halogens is 2. The van der Waals surface area contributed by atoms with E-state index in [-0.39, 0.29) is 30.7 Å². The third kappa shape index (κ3) is 7.25. The Balaban J connectivity index is 0.00000204. The summed E-state index contributed by atoms with van der Waals surface area (Å²) in [6, 6.07) is 16.7. The summed E-state index contributed by atoms with van der Waals surface area (Å²) >= 11 is 0. The van der Waals surface area contributed by atoms with Gasteiger partial charge in [-0.1, -0.05) is 55.7 Å². The minimum atomic E-state index is -0.671. The minimum Gasteiger partial charge on any atom is -0.493 e. The van der Waals surface area contributed by atoms with Crippen LogP contribution in [0.3, 0.4) is 0 Å². The molecule has 1 heterocycles. The maximum absolute atomic E-state index is 11.7. The minimum absolute atomic E-state index is 0. The van der Waals surface area contributed by atoms with Crippen LogP contribution in [-0.2, 0) is 6.61 Å². The summed E-state index contributed by atoms with van der Waals surface area (Å²) < 4.78 is 11.8. The van der Waals surface area contributed by atoms with E-state index in [9.17, 15) is 5.11 Å². The highest BCUT2D eigenvalue weighted by molar-refractivity contribution is 5.85. The fourth-order valence-corrected chi connectivity index (χ4v) is 5.25. The second-order valence-corrected chi connectivity index (χ2v) is 9.54. The van der Waals surface area contributed by atoms with Crippen LogP contribution >= 0.6 is 24.8 Å². The molecular formula is C27H40Cl2N2O3. The van der Waals surface area contributed by atoms with E-state index in [1.807, 2.05) is 24.3 Å². The zero-order valence-electron chi connectivity index (χ0n) is 20.2. The average Bonchev–Trinajstić information content (AvgIpc) is 2.83. The Bertz CT molecular complexity index is 854. The second kappa shape index (κ2) is 13.6. The van der Waals surface area contributed by atoms with Gasteiger partial charge in [0.05, 0.1) is 12.7 Å². The SMILES string of the molecule is COc1cc(C(CN2CCC(N)CC2)C2(O)CCCCC2)ccc1OCc1ccccc1.Cl.Cl. The molecule has 2 aromatic rings. The van der Waals surface area contributed by atoms with Gasteiger partial charge in [-0.15, -0.1) is 24.8 Å². The predicted octanol–water partition coefficient (Wildman–Crippen LogP) is 5.32. The summed E-state index contributed by atoms with van der Waals surface area (Å²) in [5.41, 5.74) is 7.71. The fourth-order valence-electron chi connectivity index (χ4n) is 5.25. The van der Waals surface area contributed by atoms with Crippen LogP contribution in [0.25, 0.3) is 0 Å². The van der Waals surface area contributed by atoms with E-state index in [1.54, 1.807) is 7.11 Å². The van der Waals surface area contributed by atoms with Gasteiger partial charge in [-0.05, 0) is 62.0 Å². The van der Waals surface area contributed by atoms with Crippen LogP contribution in [0.4, 0.5) is 0 Å². The van der Waals surface area contributed by atoms with Crippen molar-refractivity contribution in [2.75, 3.05) is 26.7 Å². The highest BCUT2D eigenvalue weighted by atomic mass is 35.5. The first-order valence-electron chi connectivity index (χ1n) is 12.1. The van der Waals surface area contributed by atoms with Crippen LogP contribution in [0, 0.1) is 0 Å². The lowest BCUT2D eigenvalue weighted by molar-refractivity contribution is -0.0324. The first kappa shape index (κ1) is 28.7. The molecule has 0 spiro atoms. The quantitative estimate of drug-likeness (QED) is 0.502. The lowest BCUT2D eigenvalue weighted by atomic mass is 9.72. The van der Waals surface area contributed by atoms with Gasteiger partial charge in [0.25, 0.3) is 0 Å². The standard InChI is InChI=1S/C27H38N2O3.2ClH/c1-31-26-18-22(10-11-25(26)32-20-21-8-4-2-5-9-21)24(27(30)14-6-3-7-15-27)19-29-16-12-23(28)13-17-29;;/h2,4-5,8-11,18,23-24,30H,3,6-7,12-17,19-20,28H2,1H3;2*1H. The molecule has 0 radical (unpaired) electrons. The third-order valence-corrected chi connectivity index (χ3v) is 7.27. The topological polar surface area (TPSA) is 68.0 Å². The van der Waals surface area contributed by atoms with Crippen molar-refractivity contribution in [3.05, 3.63) is 59.7 Å². The van der Waals surface area contributed by atoms with E-state index in [0.717, 1.165) is 80.8 Å². The number of aliphatic hydroxyl groups is 1. The Morgan fingerprint density at radius 2 is 1.68 bits per heavy atom. The number of likely N-dealkylation sites (tertiary alicyclic amines) is 1. The van der Waals surface area contributed by atoms with E-state index in [0.29, 0.717) is 12.6 Å². The van der Waals surface area contributed by atoms with Crippen LogP contribution in [0.1, 0.15) is 62.0 Å². The zero-order chi connectivity index (χ0) is 22.4. The summed E-state index contributed by atoms with van der Waals surface area (Å²) in [5, 5.41) is 11.7. The van der Waals surface area contributed by atoms with Gasteiger partial charge in [0, 0.05) is 18.5 Å². The normalized spacial score (nSPS) is 19.4. The largest absolute Gasteiger partial charge is 0.493 e. The smallest absolute Gasteiger partial charge is 0.161 e. The van der Waals surface area contributed by atoms with Crippen molar-refractivity contribution in [1.29, 1.82) is 0 Å². The highest BCUT2D eigenvalue weighted by Gasteiger charge is 2.40. The van der Waals surface area contributed by atoms with E-state index in [2.05, 4.69) is 29.2 Å². The number of hydrogen-bond donors (Lipinski definition) is 2. The van der Waals surface area contributed by atoms with Gasteiger partial charge in [-0.2, -0.15) is 0 Å². The Hall–Kier alpha value is -1.50. The van der Waals surface area contributed by atoms with E-state index in [1.165, 1.54) is 6.42 Å². The number of nitrogens with two attached hydrogens (primary N) is 1. The van der Waals surface area contributed by atoms with Crippen LogP contribution in [0.15, 0.2) is 48.5 Å². The van der Waals surface area contributed by atoms with Crippen LogP contribution in [-0.4, -0.2) is 48.4 Å². The molecule has 2 aromatic carbocycles. The molecule has 34 heavy (non-hydrogen) atoms. The first-order chi connectivity index (χ1) is 15.6. The summed E-state index contributed by atoms with van der Waals surface area (Å²) in [6.45, 7) is 3.36. The monoisotopic (exact) mass is 510 g/mol. The molecule has 2 aliphatic rings. The summed E-state index contributed by atoms with van der Waals surface area (Å²) in [7, 11) is 1.69. The molecule has 1 saturated carbocycles. The number of benzene rings is 2. The zero-order valence-corrected chi connectivity index (χ0v) is 21.8. The Labute approximate surface area is 216 Å². The van der Waals surface area contributed by atoms with Crippen molar-refractivity contribution in [3.8, 4) is 11.5 Å². The van der Waals surface area contributed by atoms with Crippen molar-refractivity contribution in [2.45, 2.75) is 69.1 Å². The van der Waals surface area contributed by atoms with Crippen LogP contribution < -0.4 is 15.2 Å². The van der Waals surface area contributed by atoms with Gasteiger partial charge in [-0.25, -0.2) is 0 Å². The van der Waals surface area contributed by atoms with Crippen molar-refractivity contribution in [2.24, 2.45) is 5.73 Å².